The Morgan fingerprint density at radius 1 is 1.12 bits per heavy atom. The Bertz CT molecular complexity index is 1110. The largest absolute Gasteiger partial charge is 0.508 e. The fraction of sp³-hybridized carbons (Fsp3) is 0.292. The van der Waals surface area contributed by atoms with Gasteiger partial charge in [-0.1, -0.05) is 35.9 Å². The van der Waals surface area contributed by atoms with Gasteiger partial charge in [-0.25, -0.2) is 4.79 Å². The second kappa shape index (κ2) is 11.9. The summed E-state index contributed by atoms with van der Waals surface area (Å²) in [4.78, 5) is 36.8. The van der Waals surface area contributed by atoms with Gasteiger partial charge in [0, 0.05) is 12.3 Å². The molecule has 0 spiro atoms. The summed E-state index contributed by atoms with van der Waals surface area (Å²) in [5.41, 5.74) is 1.43. The molecule has 34 heavy (non-hydrogen) atoms. The van der Waals surface area contributed by atoms with Gasteiger partial charge in [0.05, 0.1) is 21.6 Å². The van der Waals surface area contributed by atoms with Crippen LogP contribution in [0.3, 0.4) is 0 Å². The molecule has 180 valence electrons. The predicted molar refractivity (Wildman–Crippen MR) is 130 cm³/mol. The smallest absolute Gasteiger partial charge is 0.328 e. The third-order valence-corrected chi connectivity index (χ3v) is 6.65. The van der Waals surface area contributed by atoms with Gasteiger partial charge in [-0.15, -0.1) is 11.8 Å². The van der Waals surface area contributed by atoms with Crippen molar-refractivity contribution in [1.29, 1.82) is 0 Å². The molecule has 1 unspecified atom stereocenters. The minimum atomic E-state index is -1.34. The van der Waals surface area contributed by atoms with E-state index in [-0.39, 0.29) is 28.8 Å². The van der Waals surface area contributed by atoms with Crippen LogP contribution < -0.4 is 10.6 Å². The number of carboxylic acid groups (broad SMARTS) is 1. The van der Waals surface area contributed by atoms with Crippen LogP contribution in [0.1, 0.15) is 40.4 Å². The molecular weight excluding hydrogens is 480 g/mol. The number of halogens is 1. The number of hydrogen-bond donors (Lipinski definition) is 5. The molecule has 1 aliphatic rings. The first-order valence-electron chi connectivity index (χ1n) is 10.6. The average Bonchev–Trinajstić information content (AvgIpc) is 3.34. The number of aromatic hydroxyl groups is 1. The molecule has 2 atom stereocenters. The lowest BCUT2D eigenvalue weighted by atomic mass is 10.00. The van der Waals surface area contributed by atoms with Crippen LogP contribution in [0, 0.1) is 0 Å². The SMILES string of the molecule is O=C(NC[C@H](NC(=O)c1ccc(C(O)CCc2cccc(O)c2)cc1Cl)C(=O)O)C1=CCCS1. The van der Waals surface area contributed by atoms with Gasteiger partial charge in [0.2, 0.25) is 0 Å². The van der Waals surface area contributed by atoms with E-state index in [0.29, 0.717) is 23.3 Å². The Morgan fingerprint density at radius 3 is 2.56 bits per heavy atom. The lowest BCUT2D eigenvalue weighted by Gasteiger charge is -2.17. The molecule has 1 heterocycles. The molecule has 0 fully saturated rings. The number of rotatable bonds is 10. The molecule has 0 bridgehead atoms. The Hall–Kier alpha value is -3.01. The molecule has 0 saturated heterocycles. The Kier molecular flexibility index (Phi) is 8.98. The number of carbonyl (C=O) groups is 3. The van der Waals surface area contributed by atoms with Crippen molar-refractivity contribution < 1.29 is 29.7 Å². The predicted octanol–water partition coefficient (Wildman–Crippen LogP) is 3.03. The number of aliphatic hydroxyl groups excluding tert-OH is 1. The molecule has 5 N–H and O–H groups in total. The van der Waals surface area contributed by atoms with Crippen molar-refractivity contribution in [3.05, 3.63) is 75.2 Å². The Labute approximate surface area is 206 Å². The van der Waals surface area contributed by atoms with Crippen molar-refractivity contribution in [2.45, 2.75) is 31.4 Å². The zero-order valence-electron chi connectivity index (χ0n) is 18.2. The summed E-state index contributed by atoms with van der Waals surface area (Å²) in [7, 11) is 0. The monoisotopic (exact) mass is 504 g/mol. The molecule has 8 nitrogen and oxygen atoms in total. The summed E-state index contributed by atoms with van der Waals surface area (Å²) in [5.74, 6) is -1.41. The summed E-state index contributed by atoms with van der Waals surface area (Å²) >= 11 is 7.65. The van der Waals surface area contributed by atoms with Crippen LogP contribution >= 0.6 is 23.4 Å². The highest BCUT2D eigenvalue weighted by Crippen LogP contribution is 2.26. The lowest BCUT2D eigenvalue weighted by molar-refractivity contribution is -0.139. The van der Waals surface area contributed by atoms with Crippen LogP contribution in [0.15, 0.2) is 53.4 Å². The van der Waals surface area contributed by atoms with Gasteiger partial charge in [0.15, 0.2) is 0 Å². The van der Waals surface area contributed by atoms with E-state index in [1.165, 1.54) is 23.9 Å². The van der Waals surface area contributed by atoms with Gasteiger partial charge < -0.3 is 26.0 Å². The van der Waals surface area contributed by atoms with Crippen LogP contribution in [-0.4, -0.2) is 51.4 Å². The van der Waals surface area contributed by atoms with Crippen molar-refractivity contribution >= 4 is 41.1 Å². The summed E-state index contributed by atoms with van der Waals surface area (Å²) in [6, 6.07) is 9.85. The molecule has 10 heteroatoms. The third-order valence-electron chi connectivity index (χ3n) is 5.24. The maximum atomic E-state index is 12.6. The standard InChI is InChI=1S/C24H25ClN2O6S/c25-18-12-15(20(29)9-6-14-3-1-4-16(28)11-14)7-8-17(18)22(30)27-19(24(32)33)13-26-23(31)21-5-2-10-34-21/h1,3-5,7-8,11-12,19-20,28-29H,2,6,9-10,13H2,(H,26,31)(H,27,30)(H,32,33)/t19-,20?/m0/s1. The molecule has 2 aromatic rings. The highest BCUT2D eigenvalue weighted by molar-refractivity contribution is 8.04. The quantitative estimate of drug-likeness (QED) is 0.335. The average molecular weight is 505 g/mol. The number of amides is 2. The van der Waals surface area contributed by atoms with E-state index in [0.717, 1.165) is 17.7 Å². The summed E-state index contributed by atoms with van der Waals surface area (Å²) in [6.07, 6.45) is 2.62. The molecule has 0 aliphatic carbocycles. The van der Waals surface area contributed by atoms with Gasteiger partial charge in [0.25, 0.3) is 11.8 Å². The van der Waals surface area contributed by atoms with Crippen LogP contribution in [0.25, 0.3) is 0 Å². The van der Waals surface area contributed by atoms with Crippen molar-refractivity contribution in [2.24, 2.45) is 0 Å². The first-order chi connectivity index (χ1) is 16.2. The van der Waals surface area contributed by atoms with E-state index in [2.05, 4.69) is 10.6 Å². The molecule has 3 rings (SSSR count). The van der Waals surface area contributed by atoms with Gasteiger partial charge in [-0.3, -0.25) is 9.59 Å². The summed E-state index contributed by atoms with van der Waals surface area (Å²) < 4.78 is 0. The number of thioether (sulfide) groups is 1. The van der Waals surface area contributed by atoms with Gasteiger partial charge >= 0.3 is 5.97 Å². The highest BCUT2D eigenvalue weighted by Gasteiger charge is 2.24. The minimum Gasteiger partial charge on any atom is -0.508 e. The molecule has 2 amide bonds. The van der Waals surface area contributed by atoms with Gasteiger partial charge in [0.1, 0.15) is 11.8 Å². The fourth-order valence-electron chi connectivity index (χ4n) is 3.40. The topological polar surface area (TPSA) is 136 Å². The van der Waals surface area contributed by atoms with E-state index < -0.39 is 24.0 Å². The van der Waals surface area contributed by atoms with Crippen LogP contribution in [-0.2, 0) is 16.0 Å². The number of carbonyl (C=O) groups excluding carboxylic acids is 2. The van der Waals surface area contributed by atoms with E-state index in [1.807, 2.05) is 6.07 Å². The fourth-order valence-corrected chi connectivity index (χ4v) is 4.57. The van der Waals surface area contributed by atoms with Crippen molar-refractivity contribution in [1.82, 2.24) is 10.6 Å². The maximum absolute atomic E-state index is 12.6. The molecule has 0 saturated carbocycles. The van der Waals surface area contributed by atoms with Crippen LogP contribution in [0.2, 0.25) is 5.02 Å². The number of benzene rings is 2. The first kappa shape index (κ1) is 25.6. The maximum Gasteiger partial charge on any atom is 0.328 e. The number of allylic oxidation sites excluding steroid dienone is 1. The third kappa shape index (κ3) is 6.99. The molecule has 0 aromatic heterocycles. The molecular formula is C24H25ClN2O6S. The minimum absolute atomic E-state index is 0.0530. The summed E-state index contributed by atoms with van der Waals surface area (Å²) in [6.45, 7) is -0.277. The van der Waals surface area contributed by atoms with Gasteiger partial charge in [-0.05, 0) is 54.7 Å². The lowest BCUT2D eigenvalue weighted by Crippen LogP contribution is -2.48. The molecule has 2 aromatic carbocycles. The summed E-state index contributed by atoms with van der Waals surface area (Å²) in [5, 5.41) is 34.4. The number of carboxylic acids is 1. The second-order valence-electron chi connectivity index (χ2n) is 7.74. The highest BCUT2D eigenvalue weighted by atomic mass is 35.5. The van der Waals surface area contributed by atoms with E-state index in [1.54, 1.807) is 30.3 Å². The van der Waals surface area contributed by atoms with Crippen molar-refractivity contribution in [3.8, 4) is 5.75 Å². The first-order valence-corrected chi connectivity index (χ1v) is 12.0. The normalized spacial score (nSPS) is 14.7. The van der Waals surface area contributed by atoms with Gasteiger partial charge in [-0.2, -0.15) is 0 Å². The number of hydrogen-bond acceptors (Lipinski definition) is 6. The van der Waals surface area contributed by atoms with Crippen LogP contribution in [0.4, 0.5) is 0 Å². The number of phenolic OH excluding ortho intramolecular Hbond substituents is 1. The number of nitrogens with one attached hydrogen (secondary N) is 2. The number of aryl methyl sites for hydroxylation is 1. The van der Waals surface area contributed by atoms with Crippen molar-refractivity contribution in [2.75, 3.05) is 12.3 Å². The molecule has 1 aliphatic heterocycles. The Balaban J connectivity index is 1.59. The second-order valence-corrected chi connectivity index (χ2v) is 9.29. The number of phenols is 1. The Morgan fingerprint density at radius 2 is 1.91 bits per heavy atom. The number of aliphatic hydroxyl groups is 1. The van der Waals surface area contributed by atoms with E-state index >= 15 is 0 Å². The zero-order valence-corrected chi connectivity index (χ0v) is 19.7. The van der Waals surface area contributed by atoms with Crippen LogP contribution in [0.5, 0.6) is 5.75 Å². The van der Waals surface area contributed by atoms with E-state index in [9.17, 15) is 29.7 Å². The van der Waals surface area contributed by atoms with Crippen molar-refractivity contribution in [3.63, 3.8) is 0 Å². The van der Waals surface area contributed by atoms with E-state index in [4.69, 9.17) is 11.6 Å². The zero-order chi connectivity index (χ0) is 24.7. The molecule has 0 radical (unpaired) electrons. The number of aliphatic carboxylic acids is 1.